The van der Waals surface area contributed by atoms with Gasteiger partial charge in [-0.15, -0.1) is 0 Å². The van der Waals surface area contributed by atoms with Crippen molar-refractivity contribution in [1.29, 1.82) is 0 Å². The van der Waals surface area contributed by atoms with E-state index in [1.165, 1.54) is 0 Å². The maximum absolute atomic E-state index is 14.6. The minimum absolute atomic E-state index is 0.0333. The lowest BCUT2D eigenvalue weighted by atomic mass is 9.90. The van der Waals surface area contributed by atoms with E-state index in [1.807, 2.05) is 5.32 Å². The summed E-state index contributed by atoms with van der Waals surface area (Å²) in [5, 5.41) is 4.36. The van der Waals surface area contributed by atoms with Crippen LogP contribution in [0.3, 0.4) is 0 Å². The Labute approximate surface area is 175 Å². The van der Waals surface area contributed by atoms with Crippen molar-refractivity contribution in [2.75, 3.05) is 0 Å². The molecular formula is C20H22ClF5N2O2. The molecule has 0 bridgehead atoms. The van der Waals surface area contributed by atoms with Crippen molar-refractivity contribution >= 4 is 23.4 Å². The Kier molecular flexibility index (Phi) is 6.89. The van der Waals surface area contributed by atoms with Gasteiger partial charge in [0.05, 0.1) is 11.1 Å². The first-order valence-corrected chi connectivity index (χ1v) is 10.3. The van der Waals surface area contributed by atoms with Crippen LogP contribution in [-0.2, 0) is 9.59 Å². The Morgan fingerprint density at radius 3 is 2.37 bits per heavy atom. The lowest BCUT2D eigenvalue weighted by Gasteiger charge is -2.27. The van der Waals surface area contributed by atoms with Gasteiger partial charge in [0.15, 0.2) is 0 Å². The molecule has 1 aromatic carbocycles. The van der Waals surface area contributed by atoms with Gasteiger partial charge >= 0.3 is 12.1 Å². The molecule has 166 valence electrons. The molecule has 2 N–H and O–H groups in total. The second kappa shape index (κ2) is 9.08. The lowest BCUT2D eigenvalue weighted by Crippen LogP contribution is -2.42. The number of benzene rings is 1. The van der Waals surface area contributed by atoms with E-state index in [-0.39, 0.29) is 35.8 Å². The van der Waals surface area contributed by atoms with Crippen LogP contribution < -0.4 is 10.6 Å². The van der Waals surface area contributed by atoms with Crippen LogP contribution in [0.1, 0.15) is 56.6 Å². The van der Waals surface area contributed by atoms with Crippen molar-refractivity contribution in [2.24, 2.45) is 11.8 Å². The van der Waals surface area contributed by atoms with E-state index in [4.69, 9.17) is 11.6 Å². The highest BCUT2D eigenvalue weighted by molar-refractivity contribution is 6.30. The topological polar surface area (TPSA) is 58.2 Å². The van der Waals surface area contributed by atoms with Gasteiger partial charge in [0, 0.05) is 17.5 Å². The van der Waals surface area contributed by atoms with Crippen molar-refractivity contribution in [3.8, 4) is 0 Å². The highest BCUT2D eigenvalue weighted by Gasteiger charge is 2.42. The van der Waals surface area contributed by atoms with Gasteiger partial charge in [-0.05, 0) is 50.2 Å². The Hall–Kier alpha value is -1.90. The Balaban J connectivity index is 1.72. The highest BCUT2D eigenvalue weighted by atomic mass is 35.5. The molecule has 0 radical (unpaired) electrons. The number of hydrogen-bond donors (Lipinski definition) is 2. The number of alkyl halides is 3. The Morgan fingerprint density at radius 2 is 1.73 bits per heavy atom. The molecule has 2 aliphatic rings. The number of amides is 2. The molecule has 10 heteroatoms. The number of nitrogens with one attached hydrogen (secondary N) is 2. The molecule has 0 aromatic heterocycles. The maximum Gasteiger partial charge on any atom is 0.471 e. The molecule has 0 spiro atoms. The van der Waals surface area contributed by atoms with Gasteiger partial charge < -0.3 is 10.6 Å². The standard InChI is InChI=1S/C20H22ClF5N2O2/c21-13-7-8-14(22)15(16(13)23)17(10-3-1-2-4-10)28-18(29)11-5-6-12(9-11)27-19(30)20(24,25)26/h7-8,10-12,17H,1-6,9H2,(H,27,30)(H,28,29)/t11-,12?,17+/m1/s1. The fourth-order valence-electron chi connectivity index (χ4n) is 4.43. The molecule has 2 saturated carbocycles. The van der Waals surface area contributed by atoms with E-state index in [1.54, 1.807) is 0 Å². The zero-order chi connectivity index (χ0) is 22.1. The number of hydrogen-bond acceptors (Lipinski definition) is 2. The summed E-state index contributed by atoms with van der Waals surface area (Å²) in [6.45, 7) is 0. The third-order valence-electron chi connectivity index (χ3n) is 5.96. The van der Waals surface area contributed by atoms with E-state index < -0.39 is 47.6 Å². The van der Waals surface area contributed by atoms with Crippen LogP contribution in [0, 0.1) is 23.5 Å². The van der Waals surface area contributed by atoms with Gasteiger partial charge in [-0.1, -0.05) is 24.4 Å². The normalized spacial score (nSPS) is 23.4. The monoisotopic (exact) mass is 452 g/mol. The molecule has 2 fully saturated rings. The second-order valence-electron chi connectivity index (χ2n) is 7.97. The average molecular weight is 453 g/mol. The fourth-order valence-corrected chi connectivity index (χ4v) is 4.60. The van der Waals surface area contributed by atoms with Crippen LogP contribution in [0.4, 0.5) is 22.0 Å². The van der Waals surface area contributed by atoms with E-state index in [2.05, 4.69) is 5.32 Å². The van der Waals surface area contributed by atoms with Crippen LogP contribution in [-0.4, -0.2) is 24.0 Å². The summed E-state index contributed by atoms with van der Waals surface area (Å²) in [7, 11) is 0. The molecule has 0 heterocycles. The predicted molar refractivity (Wildman–Crippen MR) is 99.5 cm³/mol. The van der Waals surface area contributed by atoms with Crippen molar-refractivity contribution in [3.63, 3.8) is 0 Å². The molecule has 0 saturated heterocycles. The first kappa shape index (κ1) is 22.8. The Bertz CT molecular complexity index is 811. The first-order valence-electron chi connectivity index (χ1n) is 9.89. The molecule has 3 rings (SSSR count). The summed E-state index contributed by atoms with van der Waals surface area (Å²) in [4.78, 5) is 23.9. The van der Waals surface area contributed by atoms with Crippen molar-refractivity contribution in [2.45, 2.75) is 63.2 Å². The Morgan fingerprint density at radius 1 is 1.07 bits per heavy atom. The van der Waals surface area contributed by atoms with Gasteiger partial charge in [-0.3, -0.25) is 9.59 Å². The second-order valence-corrected chi connectivity index (χ2v) is 8.37. The van der Waals surface area contributed by atoms with Crippen LogP contribution in [0.5, 0.6) is 0 Å². The molecule has 2 aliphatic carbocycles. The first-order chi connectivity index (χ1) is 14.1. The quantitative estimate of drug-likeness (QED) is 0.497. The smallest absolute Gasteiger partial charge is 0.349 e. The van der Waals surface area contributed by atoms with E-state index >= 15 is 0 Å². The van der Waals surface area contributed by atoms with E-state index in [0.29, 0.717) is 12.8 Å². The fraction of sp³-hybridized carbons (Fsp3) is 0.600. The maximum atomic E-state index is 14.6. The molecule has 1 unspecified atom stereocenters. The molecule has 4 nitrogen and oxygen atoms in total. The van der Waals surface area contributed by atoms with Gasteiger partial charge in [0.2, 0.25) is 5.91 Å². The van der Waals surface area contributed by atoms with E-state index in [0.717, 1.165) is 25.0 Å². The van der Waals surface area contributed by atoms with Gasteiger partial charge in [-0.2, -0.15) is 13.2 Å². The van der Waals surface area contributed by atoms with E-state index in [9.17, 15) is 31.5 Å². The number of carbonyl (C=O) groups is 2. The molecular weight excluding hydrogens is 431 g/mol. The summed E-state index contributed by atoms with van der Waals surface area (Å²) in [6.07, 6.45) is -1.36. The third-order valence-corrected chi connectivity index (χ3v) is 6.25. The van der Waals surface area contributed by atoms with Crippen LogP contribution in [0.15, 0.2) is 12.1 Å². The lowest BCUT2D eigenvalue weighted by molar-refractivity contribution is -0.174. The molecule has 0 aliphatic heterocycles. The molecule has 30 heavy (non-hydrogen) atoms. The SMILES string of the molecule is O=C(N[C@H](c1c(F)ccc(Cl)c1F)C1CCCC1)[C@@H]1CCC(NC(=O)C(F)(F)F)C1. The van der Waals surface area contributed by atoms with Gasteiger partial charge in [-0.25, -0.2) is 8.78 Å². The summed E-state index contributed by atoms with van der Waals surface area (Å²) in [5.74, 6) is -5.09. The molecule has 3 atom stereocenters. The number of carbonyl (C=O) groups excluding carboxylic acids is 2. The summed E-state index contributed by atoms with van der Waals surface area (Å²) < 4.78 is 66.4. The number of halogens is 6. The largest absolute Gasteiger partial charge is 0.471 e. The molecule has 1 aromatic rings. The summed E-state index contributed by atoms with van der Waals surface area (Å²) in [5.41, 5.74) is -0.289. The summed E-state index contributed by atoms with van der Waals surface area (Å²) in [6, 6.07) is 0.461. The zero-order valence-corrected chi connectivity index (χ0v) is 16.8. The van der Waals surface area contributed by atoms with Gasteiger partial charge in [0.25, 0.3) is 0 Å². The summed E-state index contributed by atoms with van der Waals surface area (Å²) >= 11 is 5.82. The van der Waals surface area contributed by atoms with Crippen LogP contribution in [0.25, 0.3) is 0 Å². The third kappa shape index (κ3) is 5.04. The highest BCUT2D eigenvalue weighted by Crippen LogP contribution is 2.39. The van der Waals surface area contributed by atoms with Gasteiger partial charge in [0.1, 0.15) is 11.6 Å². The van der Waals surface area contributed by atoms with Crippen molar-refractivity contribution in [1.82, 2.24) is 10.6 Å². The minimum atomic E-state index is -4.99. The van der Waals surface area contributed by atoms with Crippen molar-refractivity contribution in [3.05, 3.63) is 34.4 Å². The van der Waals surface area contributed by atoms with Crippen LogP contribution in [0.2, 0.25) is 5.02 Å². The van der Waals surface area contributed by atoms with Crippen molar-refractivity contribution < 1.29 is 31.5 Å². The zero-order valence-electron chi connectivity index (χ0n) is 16.0. The average Bonchev–Trinajstić information content (AvgIpc) is 3.35. The molecule has 2 amide bonds. The number of rotatable bonds is 5. The minimum Gasteiger partial charge on any atom is -0.349 e. The van der Waals surface area contributed by atoms with Crippen LogP contribution >= 0.6 is 11.6 Å². The predicted octanol–water partition coefficient (Wildman–Crippen LogP) is 4.81.